The molecule has 2 N–H and O–H groups in total. The van der Waals surface area contributed by atoms with Gasteiger partial charge in [0.25, 0.3) is 0 Å². The maximum Gasteiger partial charge on any atom is 0.306 e. The molecule has 4 nitrogen and oxygen atoms in total. The van der Waals surface area contributed by atoms with E-state index in [4.69, 9.17) is 5.11 Å². The van der Waals surface area contributed by atoms with Crippen LogP contribution in [-0.2, 0) is 4.79 Å². The summed E-state index contributed by atoms with van der Waals surface area (Å²) in [5, 5.41) is 18.7. The number of rotatable bonds is 2. The lowest BCUT2D eigenvalue weighted by Gasteiger charge is -2.41. The van der Waals surface area contributed by atoms with E-state index in [-0.39, 0.29) is 12.3 Å². The van der Waals surface area contributed by atoms with Crippen molar-refractivity contribution in [1.29, 1.82) is 0 Å². The Kier molecular flexibility index (Phi) is 2.93. The van der Waals surface area contributed by atoms with E-state index < -0.39 is 11.6 Å². The van der Waals surface area contributed by atoms with Crippen LogP contribution in [0.2, 0.25) is 0 Å². The van der Waals surface area contributed by atoms with Crippen molar-refractivity contribution in [1.82, 2.24) is 4.90 Å². The molecular weight excluding hydrogens is 170 g/mol. The Balaban J connectivity index is 2.61. The van der Waals surface area contributed by atoms with Gasteiger partial charge in [0.1, 0.15) is 0 Å². The Morgan fingerprint density at radius 1 is 1.69 bits per heavy atom. The number of aliphatic hydroxyl groups is 1. The van der Waals surface area contributed by atoms with Crippen molar-refractivity contribution in [2.24, 2.45) is 5.92 Å². The number of hydrogen-bond acceptors (Lipinski definition) is 3. The summed E-state index contributed by atoms with van der Waals surface area (Å²) in [6.45, 7) is 3.44. The van der Waals surface area contributed by atoms with E-state index in [1.807, 2.05) is 14.0 Å². The number of carboxylic acids is 1. The smallest absolute Gasteiger partial charge is 0.306 e. The molecule has 2 atom stereocenters. The molecule has 13 heavy (non-hydrogen) atoms. The van der Waals surface area contributed by atoms with Gasteiger partial charge in [-0.3, -0.25) is 4.79 Å². The van der Waals surface area contributed by atoms with Gasteiger partial charge in [-0.15, -0.1) is 0 Å². The molecule has 76 valence electrons. The molecule has 1 heterocycles. The standard InChI is InChI=1S/C9H17NO3/c1-7-6-10(2)4-3-9(7,13)5-8(11)12/h7,13H,3-6H2,1-2H3,(H,11,12). The minimum absolute atomic E-state index is 0.0300. The van der Waals surface area contributed by atoms with E-state index >= 15 is 0 Å². The lowest BCUT2D eigenvalue weighted by Crippen LogP contribution is -2.50. The van der Waals surface area contributed by atoms with Crippen LogP contribution in [0.5, 0.6) is 0 Å². The molecule has 0 aromatic carbocycles. The summed E-state index contributed by atoms with van der Waals surface area (Å²) < 4.78 is 0. The maximum absolute atomic E-state index is 10.5. The molecule has 1 rings (SSSR count). The lowest BCUT2D eigenvalue weighted by atomic mass is 9.80. The Labute approximate surface area is 78.2 Å². The molecule has 0 aromatic heterocycles. The van der Waals surface area contributed by atoms with Crippen molar-refractivity contribution in [2.75, 3.05) is 20.1 Å². The summed E-state index contributed by atoms with van der Waals surface area (Å²) >= 11 is 0. The van der Waals surface area contributed by atoms with Gasteiger partial charge in [-0.25, -0.2) is 0 Å². The zero-order chi connectivity index (χ0) is 10.1. The summed E-state index contributed by atoms with van der Waals surface area (Å²) in [5.74, 6) is -0.888. The number of nitrogens with zero attached hydrogens (tertiary/aromatic N) is 1. The fourth-order valence-corrected chi connectivity index (χ4v) is 1.88. The predicted octanol–water partition coefficient (Wildman–Crippen LogP) is 0.164. The molecular formula is C9H17NO3. The summed E-state index contributed by atoms with van der Waals surface area (Å²) in [4.78, 5) is 12.6. The highest BCUT2D eigenvalue weighted by atomic mass is 16.4. The first kappa shape index (κ1) is 10.5. The molecule has 1 fully saturated rings. The van der Waals surface area contributed by atoms with Crippen LogP contribution in [0.3, 0.4) is 0 Å². The highest BCUT2D eigenvalue weighted by Gasteiger charge is 2.39. The van der Waals surface area contributed by atoms with Crippen molar-refractivity contribution in [2.45, 2.75) is 25.4 Å². The number of aliphatic carboxylic acids is 1. The molecule has 1 aliphatic heterocycles. The van der Waals surface area contributed by atoms with E-state index in [1.54, 1.807) is 0 Å². The van der Waals surface area contributed by atoms with E-state index in [2.05, 4.69) is 4.90 Å². The van der Waals surface area contributed by atoms with Crippen molar-refractivity contribution in [3.05, 3.63) is 0 Å². The van der Waals surface area contributed by atoms with Crippen LogP contribution < -0.4 is 0 Å². The summed E-state index contributed by atoms with van der Waals surface area (Å²) in [6.07, 6.45) is 0.416. The monoisotopic (exact) mass is 187 g/mol. The fraction of sp³-hybridized carbons (Fsp3) is 0.889. The molecule has 2 unspecified atom stereocenters. The van der Waals surface area contributed by atoms with E-state index in [1.165, 1.54) is 0 Å². The molecule has 0 aliphatic carbocycles. The van der Waals surface area contributed by atoms with Gasteiger partial charge >= 0.3 is 5.97 Å². The van der Waals surface area contributed by atoms with Crippen LogP contribution in [-0.4, -0.2) is 46.8 Å². The molecule has 0 bridgehead atoms. The SMILES string of the molecule is CC1CN(C)CCC1(O)CC(=O)O. The topological polar surface area (TPSA) is 60.8 Å². The van der Waals surface area contributed by atoms with Gasteiger partial charge in [0.05, 0.1) is 12.0 Å². The Morgan fingerprint density at radius 3 is 2.77 bits per heavy atom. The first-order chi connectivity index (χ1) is 5.94. The fourth-order valence-electron chi connectivity index (χ4n) is 1.88. The molecule has 0 amide bonds. The molecule has 1 saturated heterocycles. The Morgan fingerprint density at radius 2 is 2.31 bits per heavy atom. The number of likely N-dealkylation sites (tertiary alicyclic amines) is 1. The average Bonchev–Trinajstić information content (AvgIpc) is 1.97. The quantitative estimate of drug-likeness (QED) is 0.646. The van der Waals surface area contributed by atoms with Gasteiger partial charge < -0.3 is 15.1 Å². The first-order valence-corrected chi connectivity index (χ1v) is 4.57. The van der Waals surface area contributed by atoms with Gasteiger partial charge in [-0.2, -0.15) is 0 Å². The Bertz CT molecular complexity index is 207. The number of carboxylic acid groups (broad SMARTS) is 1. The van der Waals surface area contributed by atoms with Crippen LogP contribution in [0.25, 0.3) is 0 Å². The average molecular weight is 187 g/mol. The normalized spacial score (nSPS) is 36.1. The number of hydrogen-bond donors (Lipinski definition) is 2. The van der Waals surface area contributed by atoms with Gasteiger partial charge in [0.15, 0.2) is 0 Å². The van der Waals surface area contributed by atoms with E-state index in [9.17, 15) is 9.90 Å². The maximum atomic E-state index is 10.5. The van der Waals surface area contributed by atoms with Crippen LogP contribution in [0.4, 0.5) is 0 Å². The highest BCUT2D eigenvalue weighted by molar-refractivity contribution is 5.68. The first-order valence-electron chi connectivity index (χ1n) is 4.57. The zero-order valence-corrected chi connectivity index (χ0v) is 8.16. The number of piperidine rings is 1. The Hall–Kier alpha value is -0.610. The summed E-state index contributed by atoms with van der Waals surface area (Å²) in [5.41, 5.74) is -1.00. The van der Waals surface area contributed by atoms with Gasteiger partial charge in [0.2, 0.25) is 0 Å². The van der Waals surface area contributed by atoms with Crippen LogP contribution >= 0.6 is 0 Å². The minimum Gasteiger partial charge on any atom is -0.481 e. The van der Waals surface area contributed by atoms with Crippen molar-refractivity contribution in [3.8, 4) is 0 Å². The number of carbonyl (C=O) groups is 1. The van der Waals surface area contributed by atoms with Crippen LogP contribution in [0.1, 0.15) is 19.8 Å². The zero-order valence-electron chi connectivity index (χ0n) is 8.16. The molecule has 0 saturated carbocycles. The summed E-state index contributed by atoms with van der Waals surface area (Å²) in [7, 11) is 1.98. The highest BCUT2D eigenvalue weighted by Crippen LogP contribution is 2.30. The minimum atomic E-state index is -1.00. The molecule has 0 aromatic rings. The van der Waals surface area contributed by atoms with Gasteiger partial charge in [-0.1, -0.05) is 6.92 Å². The lowest BCUT2D eigenvalue weighted by molar-refractivity contribution is -0.148. The van der Waals surface area contributed by atoms with E-state index in [0.29, 0.717) is 6.42 Å². The third-order valence-corrected chi connectivity index (χ3v) is 2.89. The molecule has 1 aliphatic rings. The second-order valence-electron chi connectivity index (χ2n) is 4.09. The van der Waals surface area contributed by atoms with Crippen LogP contribution in [0, 0.1) is 5.92 Å². The third kappa shape index (κ3) is 2.42. The summed E-state index contributed by atoms with van der Waals surface area (Å²) in [6, 6.07) is 0. The second-order valence-corrected chi connectivity index (χ2v) is 4.09. The van der Waals surface area contributed by atoms with Crippen molar-refractivity contribution >= 4 is 5.97 Å². The van der Waals surface area contributed by atoms with E-state index in [0.717, 1.165) is 13.1 Å². The van der Waals surface area contributed by atoms with Crippen LogP contribution in [0.15, 0.2) is 0 Å². The predicted molar refractivity (Wildman–Crippen MR) is 48.5 cm³/mol. The van der Waals surface area contributed by atoms with Gasteiger partial charge in [0, 0.05) is 13.1 Å². The second kappa shape index (κ2) is 3.64. The molecule has 0 radical (unpaired) electrons. The largest absolute Gasteiger partial charge is 0.481 e. The molecule has 4 heteroatoms. The molecule has 0 spiro atoms. The van der Waals surface area contributed by atoms with Crippen molar-refractivity contribution in [3.63, 3.8) is 0 Å². The van der Waals surface area contributed by atoms with Gasteiger partial charge in [-0.05, 0) is 19.4 Å². The third-order valence-electron chi connectivity index (χ3n) is 2.89. The van der Waals surface area contributed by atoms with Crippen molar-refractivity contribution < 1.29 is 15.0 Å².